The van der Waals surface area contributed by atoms with Crippen molar-refractivity contribution in [2.24, 2.45) is 0 Å². The predicted molar refractivity (Wildman–Crippen MR) is 229 cm³/mol. The number of rotatable bonds is 6. The van der Waals surface area contributed by atoms with Gasteiger partial charge in [0.05, 0.1) is 11.1 Å². The molecule has 56 heavy (non-hydrogen) atoms. The Kier molecular flexibility index (Phi) is 7.88. The number of hydrogen-bond acceptors (Lipinski definition) is 4. The van der Waals surface area contributed by atoms with Gasteiger partial charge in [0.25, 0.3) is 0 Å². The summed E-state index contributed by atoms with van der Waals surface area (Å²) in [6.45, 7) is 0. The first kappa shape index (κ1) is 33.3. The van der Waals surface area contributed by atoms with Crippen molar-refractivity contribution in [2.45, 2.75) is 5.41 Å². The number of hydrogen-bond donors (Lipinski definition) is 1. The molecular weight excluding hydrogens is 705 g/mol. The van der Waals surface area contributed by atoms with Gasteiger partial charge in [-0.05, 0) is 110 Å². The molecule has 0 saturated heterocycles. The van der Waals surface area contributed by atoms with Crippen LogP contribution < -0.4 is 4.90 Å². The Balaban J connectivity index is 1.25. The summed E-state index contributed by atoms with van der Waals surface area (Å²) < 4.78 is 0. The summed E-state index contributed by atoms with van der Waals surface area (Å²) in [5.41, 5.74) is 12.8. The summed E-state index contributed by atoms with van der Waals surface area (Å²) in [5, 5.41) is 21.3. The third-order valence-electron chi connectivity index (χ3n) is 11.1. The average molecular weight is 737 g/mol. The molecule has 0 atom stereocenters. The molecule has 1 aromatic heterocycles. The van der Waals surface area contributed by atoms with Crippen LogP contribution in [0.5, 0.6) is 0 Å². The Bertz CT molecular complexity index is 2930. The molecule has 8 aromatic rings. The molecule has 2 aliphatic rings. The molecule has 5 heteroatoms. The zero-order valence-electron chi connectivity index (χ0n) is 30.1. The van der Waals surface area contributed by atoms with Crippen LogP contribution in [-0.2, 0) is 10.2 Å². The van der Waals surface area contributed by atoms with Gasteiger partial charge in [-0.25, -0.2) is 4.79 Å². The van der Waals surface area contributed by atoms with Crippen LogP contribution in [-0.4, -0.2) is 11.1 Å². The van der Waals surface area contributed by atoms with Crippen molar-refractivity contribution in [3.8, 4) is 27.6 Å². The van der Waals surface area contributed by atoms with Gasteiger partial charge in [-0.2, -0.15) is 5.26 Å². The number of carbonyl (C=O) groups is 1. The molecular formula is C51H32N2O2S. The molecule has 10 rings (SSSR count). The largest absolute Gasteiger partial charge is 0.477 e. The lowest BCUT2D eigenvalue weighted by molar-refractivity contribution is -0.132. The van der Waals surface area contributed by atoms with E-state index in [9.17, 15) is 15.2 Å². The second-order valence-electron chi connectivity index (χ2n) is 14.1. The van der Waals surface area contributed by atoms with Crippen molar-refractivity contribution in [1.82, 2.24) is 0 Å². The highest BCUT2D eigenvalue weighted by molar-refractivity contribution is 7.16. The number of carboxylic acids is 1. The highest BCUT2D eigenvalue weighted by atomic mass is 32.1. The molecule has 264 valence electrons. The third kappa shape index (κ3) is 5.15. The standard InChI is InChI=1S/C51H32N2O2S/c52-32-37(50(54)55)29-40-27-28-49(56-40)36-24-23-34-21-22-35-25-26-39(53(38-13-2-1-3-14-38)48-20-10-12-33-11-4-5-15-41(33)48)31-47(35)51(46(34)30-36)44-18-8-6-16-42(44)43-17-7-9-19-45(43)51/h1-31H,(H,54,55)/b37-29+. The monoisotopic (exact) mass is 736 g/mol. The van der Waals surface area contributed by atoms with E-state index in [4.69, 9.17) is 0 Å². The first-order valence-electron chi connectivity index (χ1n) is 18.5. The summed E-state index contributed by atoms with van der Waals surface area (Å²) in [7, 11) is 0. The highest BCUT2D eigenvalue weighted by Gasteiger charge is 2.48. The molecule has 0 amide bonds. The van der Waals surface area contributed by atoms with E-state index >= 15 is 0 Å². The van der Waals surface area contributed by atoms with Crippen LogP contribution in [0.1, 0.15) is 38.3 Å². The number of carboxylic acid groups (broad SMARTS) is 1. The maximum atomic E-state index is 11.6. The molecule has 2 aliphatic carbocycles. The SMILES string of the molecule is N#C/C(=C\c1ccc(-c2ccc3c(c2)C2(c4cc(N(c5ccccc5)c5cccc6ccccc56)ccc4C=C3)c3ccccc3-c3ccccc32)s1)C(=O)O. The van der Waals surface area contributed by atoms with Crippen molar-refractivity contribution in [1.29, 1.82) is 5.26 Å². The third-order valence-corrected chi connectivity index (χ3v) is 12.2. The summed E-state index contributed by atoms with van der Waals surface area (Å²) in [5.74, 6) is -1.23. The first-order valence-corrected chi connectivity index (χ1v) is 19.3. The smallest absolute Gasteiger partial charge is 0.346 e. The minimum atomic E-state index is -1.23. The van der Waals surface area contributed by atoms with Gasteiger partial charge in [-0.1, -0.05) is 133 Å². The number of aliphatic carboxylic acids is 1. The van der Waals surface area contributed by atoms with Gasteiger partial charge in [0.15, 0.2) is 0 Å². The Morgan fingerprint density at radius 3 is 2.00 bits per heavy atom. The van der Waals surface area contributed by atoms with Crippen molar-refractivity contribution in [3.63, 3.8) is 0 Å². The fourth-order valence-corrected chi connectivity index (χ4v) is 9.70. The quantitative estimate of drug-likeness (QED) is 0.136. The van der Waals surface area contributed by atoms with Crippen molar-refractivity contribution in [3.05, 3.63) is 214 Å². The van der Waals surface area contributed by atoms with E-state index in [1.54, 1.807) is 0 Å². The van der Waals surface area contributed by atoms with E-state index in [1.165, 1.54) is 61.6 Å². The molecule has 0 aliphatic heterocycles. The lowest BCUT2D eigenvalue weighted by Gasteiger charge is -2.37. The fraction of sp³-hybridized carbons (Fsp3) is 0.0196. The van der Waals surface area contributed by atoms with Crippen molar-refractivity contribution >= 4 is 63.4 Å². The van der Waals surface area contributed by atoms with Crippen LogP contribution >= 0.6 is 11.3 Å². The van der Waals surface area contributed by atoms with Gasteiger partial charge >= 0.3 is 5.97 Å². The number of nitrogens with zero attached hydrogens (tertiary/aromatic N) is 2. The zero-order valence-corrected chi connectivity index (χ0v) is 30.9. The van der Waals surface area contributed by atoms with E-state index in [1.807, 2.05) is 18.2 Å². The van der Waals surface area contributed by atoms with Crippen molar-refractivity contribution in [2.75, 3.05) is 4.90 Å². The minimum absolute atomic E-state index is 0.288. The molecule has 1 heterocycles. The zero-order chi connectivity index (χ0) is 37.8. The molecule has 0 bridgehead atoms. The van der Waals surface area contributed by atoms with Gasteiger partial charge in [0, 0.05) is 26.5 Å². The summed E-state index contributed by atoms with van der Waals surface area (Å²) >= 11 is 1.48. The van der Waals surface area contributed by atoms with E-state index in [0.717, 1.165) is 38.6 Å². The molecule has 0 fully saturated rings. The second kappa shape index (κ2) is 13.2. The molecule has 7 aromatic carbocycles. The van der Waals surface area contributed by atoms with Crippen molar-refractivity contribution < 1.29 is 9.90 Å². The normalized spacial score (nSPS) is 13.3. The van der Waals surface area contributed by atoms with Crippen LogP contribution in [0.4, 0.5) is 17.1 Å². The maximum Gasteiger partial charge on any atom is 0.346 e. The lowest BCUT2D eigenvalue weighted by Crippen LogP contribution is -2.30. The van der Waals surface area contributed by atoms with Crippen LogP contribution in [0.2, 0.25) is 0 Å². The number of anilines is 3. The molecule has 4 nitrogen and oxygen atoms in total. The predicted octanol–water partition coefficient (Wildman–Crippen LogP) is 12.9. The van der Waals surface area contributed by atoms with E-state index < -0.39 is 11.4 Å². The van der Waals surface area contributed by atoms with Gasteiger partial charge in [0.2, 0.25) is 0 Å². The van der Waals surface area contributed by atoms with Crippen LogP contribution in [0.3, 0.4) is 0 Å². The van der Waals surface area contributed by atoms with Gasteiger partial charge in [-0.3, -0.25) is 0 Å². The number of thiophene rings is 1. The van der Waals surface area contributed by atoms with Crippen LogP contribution in [0, 0.1) is 11.3 Å². The Morgan fingerprint density at radius 2 is 1.27 bits per heavy atom. The summed E-state index contributed by atoms with van der Waals surface area (Å²) in [4.78, 5) is 15.7. The first-order chi connectivity index (χ1) is 27.5. The minimum Gasteiger partial charge on any atom is -0.477 e. The second-order valence-corrected chi connectivity index (χ2v) is 15.2. The van der Waals surface area contributed by atoms with Crippen LogP contribution in [0.15, 0.2) is 175 Å². The molecule has 1 N–H and O–H groups in total. The molecule has 1 spiro atoms. The number of nitriles is 1. The Labute approximate surface area is 328 Å². The van der Waals surface area contributed by atoms with E-state index in [2.05, 4.69) is 175 Å². The van der Waals surface area contributed by atoms with Gasteiger partial charge in [-0.15, -0.1) is 11.3 Å². The fourth-order valence-electron chi connectivity index (χ4n) is 8.75. The summed E-state index contributed by atoms with van der Waals surface area (Å²) in [6.07, 6.45) is 5.94. The van der Waals surface area contributed by atoms with E-state index in [0.29, 0.717) is 4.88 Å². The maximum absolute atomic E-state index is 11.6. The van der Waals surface area contributed by atoms with Gasteiger partial charge < -0.3 is 10.0 Å². The number of benzene rings is 7. The van der Waals surface area contributed by atoms with Gasteiger partial charge in [0.1, 0.15) is 11.6 Å². The lowest BCUT2D eigenvalue weighted by atomic mass is 9.65. The Morgan fingerprint density at radius 1 is 0.625 bits per heavy atom. The van der Waals surface area contributed by atoms with E-state index in [-0.39, 0.29) is 5.57 Å². The average Bonchev–Trinajstić information content (AvgIpc) is 3.80. The topological polar surface area (TPSA) is 64.3 Å². The molecule has 0 unspecified atom stereocenters. The Hall–Kier alpha value is -7.26. The van der Waals surface area contributed by atoms with Crippen LogP contribution in [0.25, 0.3) is 50.6 Å². The summed E-state index contributed by atoms with van der Waals surface area (Å²) in [6, 6.07) is 62.6. The molecule has 0 radical (unpaired) electrons. The number of fused-ring (bicyclic) bond motifs is 10. The highest BCUT2D eigenvalue weighted by Crippen LogP contribution is 2.59. The number of para-hydroxylation sites is 1. The molecule has 0 saturated carbocycles.